The van der Waals surface area contributed by atoms with Crippen molar-refractivity contribution in [1.82, 2.24) is 9.80 Å². The SMILES string of the molecule is O=CC1CCN(CC(=O)N2CCc3sccc3C2)CC1. The summed E-state index contributed by atoms with van der Waals surface area (Å²) >= 11 is 1.80. The molecule has 0 unspecified atom stereocenters. The summed E-state index contributed by atoms with van der Waals surface area (Å²) in [5, 5.41) is 2.11. The van der Waals surface area contributed by atoms with Gasteiger partial charge in [-0.2, -0.15) is 0 Å². The summed E-state index contributed by atoms with van der Waals surface area (Å²) < 4.78 is 0. The predicted octanol–water partition coefficient (Wildman–Crippen LogP) is 1.54. The van der Waals surface area contributed by atoms with Gasteiger partial charge in [-0.15, -0.1) is 11.3 Å². The highest BCUT2D eigenvalue weighted by Gasteiger charge is 2.25. The van der Waals surface area contributed by atoms with E-state index in [0.29, 0.717) is 6.54 Å². The molecule has 20 heavy (non-hydrogen) atoms. The van der Waals surface area contributed by atoms with Crippen LogP contribution in [0.25, 0.3) is 0 Å². The molecule has 0 atom stereocenters. The van der Waals surface area contributed by atoms with Crippen LogP contribution in [0.2, 0.25) is 0 Å². The van der Waals surface area contributed by atoms with Crippen LogP contribution in [0.1, 0.15) is 23.3 Å². The molecule has 1 amide bonds. The second-order valence-electron chi connectivity index (χ2n) is 5.68. The van der Waals surface area contributed by atoms with Gasteiger partial charge in [0.05, 0.1) is 6.54 Å². The van der Waals surface area contributed by atoms with Crippen molar-refractivity contribution in [2.24, 2.45) is 5.92 Å². The number of likely N-dealkylation sites (tertiary alicyclic amines) is 1. The third-order valence-electron chi connectivity index (χ3n) is 4.34. The van der Waals surface area contributed by atoms with Gasteiger partial charge >= 0.3 is 0 Å². The van der Waals surface area contributed by atoms with Gasteiger partial charge in [0.25, 0.3) is 0 Å². The Kier molecular flexibility index (Phi) is 4.17. The molecule has 0 aromatic carbocycles. The summed E-state index contributed by atoms with van der Waals surface area (Å²) in [5.74, 6) is 0.427. The molecule has 0 saturated carbocycles. The maximum Gasteiger partial charge on any atom is 0.237 e. The first-order valence-electron chi connectivity index (χ1n) is 7.27. The van der Waals surface area contributed by atoms with Crippen molar-refractivity contribution in [2.45, 2.75) is 25.8 Å². The van der Waals surface area contributed by atoms with Gasteiger partial charge in [0.1, 0.15) is 6.29 Å². The van der Waals surface area contributed by atoms with Crippen LogP contribution in [0, 0.1) is 5.92 Å². The van der Waals surface area contributed by atoms with Crippen molar-refractivity contribution in [1.29, 1.82) is 0 Å². The summed E-state index contributed by atoms with van der Waals surface area (Å²) in [4.78, 5) is 28.7. The number of hydrogen-bond donors (Lipinski definition) is 0. The Morgan fingerprint density at radius 3 is 2.90 bits per heavy atom. The van der Waals surface area contributed by atoms with Gasteiger partial charge in [-0.3, -0.25) is 9.69 Å². The van der Waals surface area contributed by atoms with E-state index in [1.165, 1.54) is 10.4 Å². The zero-order valence-electron chi connectivity index (χ0n) is 11.6. The molecule has 2 aliphatic heterocycles. The largest absolute Gasteiger partial charge is 0.337 e. The lowest BCUT2D eigenvalue weighted by atomic mass is 9.98. The lowest BCUT2D eigenvalue weighted by Gasteiger charge is -2.32. The lowest BCUT2D eigenvalue weighted by molar-refractivity contribution is -0.133. The molecule has 1 fully saturated rings. The number of piperidine rings is 1. The minimum absolute atomic E-state index is 0.199. The summed E-state index contributed by atoms with van der Waals surface area (Å²) in [6, 6.07) is 2.13. The van der Waals surface area contributed by atoms with E-state index < -0.39 is 0 Å². The third kappa shape index (κ3) is 2.94. The number of rotatable bonds is 3. The predicted molar refractivity (Wildman–Crippen MR) is 78.7 cm³/mol. The zero-order valence-corrected chi connectivity index (χ0v) is 12.4. The van der Waals surface area contributed by atoms with Crippen molar-refractivity contribution >= 4 is 23.5 Å². The van der Waals surface area contributed by atoms with Gasteiger partial charge < -0.3 is 9.69 Å². The monoisotopic (exact) mass is 292 g/mol. The Bertz CT molecular complexity index is 492. The molecule has 1 aromatic heterocycles. The van der Waals surface area contributed by atoms with Crippen molar-refractivity contribution in [2.75, 3.05) is 26.2 Å². The average Bonchev–Trinajstić information content (AvgIpc) is 2.95. The topological polar surface area (TPSA) is 40.6 Å². The molecular formula is C15H20N2O2S. The first-order valence-corrected chi connectivity index (χ1v) is 8.15. The van der Waals surface area contributed by atoms with E-state index in [2.05, 4.69) is 16.3 Å². The number of hydrogen-bond acceptors (Lipinski definition) is 4. The van der Waals surface area contributed by atoms with E-state index in [4.69, 9.17) is 0 Å². The van der Waals surface area contributed by atoms with E-state index >= 15 is 0 Å². The fourth-order valence-corrected chi connectivity index (χ4v) is 3.89. The minimum Gasteiger partial charge on any atom is -0.337 e. The maximum absolute atomic E-state index is 12.4. The lowest BCUT2D eigenvalue weighted by Crippen LogP contribution is -2.44. The molecule has 1 saturated heterocycles. The van der Waals surface area contributed by atoms with Gasteiger partial charge in [-0.25, -0.2) is 0 Å². The molecule has 0 aliphatic carbocycles. The quantitative estimate of drug-likeness (QED) is 0.794. The van der Waals surface area contributed by atoms with Gasteiger partial charge in [-0.05, 0) is 49.4 Å². The fraction of sp³-hybridized carbons (Fsp3) is 0.600. The summed E-state index contributed by atoms with van der Waals surface area (Å²) in [7, 11) is 0. The third-order valence-corrected chi connectivity index (χ3v) is 5.37. The van der Waals surface area contributed by atoms with E-state index in [0.717, 1.165) is 51.7 Å². The molecule has 4 nitrogen and oxygen atoms in total. The summed E-state index contributed by atoms with van der Waals surface area (Å²) in [6.45, 7) is 3.85. The average molecular weight is 292 g/mol. The first-order chi connectivity index (χ1) is 9.76. The summed E-state index contributed by atoms with van der Waals surface area (Å²) in [5.41, 5.74) is 1.31. The number of aldehydes is 1. The number of carbonyl (C=O) groups excluding carboxylic acids is 2. The molecule has 0 radical (unpaired) electrons. The highest BCUT2D eigenvalue weighted by Crippen LogP contribution is 2.24. The number of nitrogens with zero attached hydrogens (tertiary/aromatic N) is 2. The van der Waals surface area contributed by atoms with Crippen LogP contribution in [0.15, 0.2) is 11.4 Å². The molecule has 1 aromatic rings. The van der Waals surface area contributed by atoms with E-state index in [1.807, 2.05) is 4.90 Å². The van der Waals surface area contributed by atoms with E-state index in [9.17, 15) is 9.59 Å². The highest BCUT2D eigenvalue weighted by atomic mass is 32.1. The first kappa shape index (κ1) is 13.8. The number of carbonyl (C=O) groups is 2. The van der Waals surface area contributed by atoms with Gasteiger partial charge in [0.2, 0.25) is 5.91 Å². The second kappa shape index (κ2) is 6.06. The molecule has 3 heterocycles. The van der Waals surface area contributed by atoms with Crippen LogP contribution in [0.5, 0.6) is 0 Å². The van der Waals surface area contributed by atoms with Crippen molar-refractivity contribution < 1.29 is 9.59 Å². The van der Waals surface area contributed by atoms with Crippen molar-refractivity contribution in [3.63, 3.8) is 0 Å². The molecule has 5 heteroatoms. The van der Waals surface area contributed by atoms with Gasteiger partial charge in [0, 0.05) is 23.9 Å². The Hall–Kier alpha value is -1.20. The molecule has 0 bridgehead atoms. The summed E-state index contributed by atoms with van der Waals surface area (Å²) in [6.07, 6.45) is 3.84. The van der Waals surface area contributed by atoms with E-state index in [-0.39, 0.29) is 11.8 Å². The number of amides is 1. The molecule has 0 spiro atoms. The van der Waals surface area contributed by atoms with Crippen LogP contribution in [0.3, 0.4) is 0 Å². The van der Waals surface area contributed by atoms with Crippen LogP contribution < -0.4 is 0 Å². The van der Waals surface area contributed by atoms with Crippen molar-refractivity contribution in [3.05, 3.63) is 21.9 Å². The standard InChI is InChI=1S/C15H20N2O2S/c18-11-12-1-5-16(6-2-12)10-15(19)17-7-3-14-13(9-17)4-8-20-14/h4,8,11-12H,1-3,5-7,9-10H2. The zero-order chi connectivity index (χ0) is 13.9. The van der Waals surface area contributed by atoms with Gasteiger partial charge in [0.15, 0.2) is 0 Å². The minimum atomic E-state index is 0.199. The molecule has 3 rings (SSSR count). The Balaban J connectivity index is 1.52. The van der Waals surface area contributed by atoms with Gasteiger partial charge in [-0.1, -0.05) is 0 Å². The van der Waals surface area contributed by atoms with Crippen LogP contribution in [0.4, 0.5) is 0 Å². The Morgan fingerprint density at radius 2 is 2.15 bits per heavy atom. The van der Waals surface area contributed by atoms with Crippen molar-refractivity contribution in [3.8, 4) is 0 Å². The smallest absolute Gasteiger partial charge is 0.237 e. The molecule has 108 valence electrons. The van der Waals surface area contributed by atoms with Crippen LogP contribution in [-0.2, 0) is 22.6 Å². The number of fused-ring (bicyclic) bond motifs is 1. The Morgan fingerprint density at radius 1 is 1.35 bits per heavy atom. The van der Waals surface area contributed by atoms with E-state index in [1.54, 1.807) is 11.3 Å². The fourth-order valence-electron chi connectivity index (χ4n) is 3.00. The molecule has 0 N–H and O–H groups in total. The highest BCUT2D eigenvalue weighted by molar-refractivity contribution is 7.10. The normalized spacial score (nSPS) is 20.7. The Labute approximate surface area is 123 Å². The molecular weight excluding hydrogens is 272 g/mol. The van der Waals surface area contributed by atoms with Crippen LogP contribution >= 0.6 is 11.3 Å². The molecule has 2 aliphatic rings. The number of thiophene rings is 1. The second-order valence-corrected chi connectivity index (χ2v) is 6.68. The maximum atomic E-state index is 12.4. The van der Waals surface area contributed by atoms with Crippen LogP contribution in [-0.4, -0.2) is 48.2 Å².